The molecule has 13 aromatic rings. The molecular weight excluding hydrogens is 729 g/mol. The van der Waals surface area contributed by atoms with Crippen molar-refractivity contribution in [1.82, 2.24) is 0 Å². The number of rotatable bonds is 4. The maximum atomic E-state index is 2.46. The molecule has 0 spiro atoms. The Bertz CT molecular complexity index is 3830. The summed E-state index contributed by atoms with van der Waals surface area (Å²) in [6, 6.07) is 77.0. The molecule has 0 radical (unpaired) electrons. The molecule has 1 aromatic heterocycles. The average Bonchev–Trinajstić information content (AvgIpc) is 3.67. The lowest BCUT2D eigenvalue weighted by Crippen LogP contribution is -1.90. The van der Waals surface area contributed by atoms with Crippen molar-refractivity contribution < 1.29 is 0 Å². The first-order chi connectivity index (χ1) is 29.2. The van der Waals surface area contributed by atoms with Gasteiger partial charge < -0.3 is 0 Å². The number of thiophene rings is 1. The summed E-state index contributed by atoms with van der Waals surface area (Å²) in [6.45, 7) is 0. The molecule has 0 aliphatic carbocycles. The van der Waals surface area contributed by atoms with Crippen LogP contribution < -0.4 is 0 Å². The normalized spacial score (nSPS) is 12.1. The molecule has 0 fully saturated rings. The largest absolute Gasteiger partial charge is 0.135 e. The van der Waals surface area contributed by atoms with Gasteiger partial charge in [0, 0.05) is 20.2 Å². The van der Waals surface area contributed by atoms with Gasteiger partial charge in [-0.3, -0.25) is 0 Å². The molecule has 13 rings (SSSR count). The van der Waals surface area contributed by atoms with Gasteiger partial charge >= 0.3 is 0 Å². The van der Waals surface area contributed by atoms with Crippen LogP contribution in [0.4, 0.5) is 0 Å². The van der Waals surface area contributed by atoms with Crippen LogP contribution in [0.3, 0.4) is 0 Å². The Morgan fingerprint density at radius 3 is 1.31 bits per heavy atom. The Labute approximate surface area is 345 Å². The molecule has 0 saturated carbocycles. The fraction of sp³-hybridized carbons (Fsp3) is 0. The van der Waals surface area contributed by atoms with Crippen molar-refractivity contribution in [3.8, 4) is 44.5 Å². The molecule has 1 heteroatoms. The van der Waals surface area contributed by atoms with Crippen LogP contribution >= 0.6 is 11.3 Å². The minimum Gasteiger partial charge on any atom is -0.135 e. The molecular formula is C58H34S. The molecule has 0 unspecified atom stereocenters. The summed E-state index contributed by atoms with van der Waals surface area (Å²) in [5.41, 5.74) is 9.93. The van der Waals surface area contributed by atoms with E-state index >= 15 is 0 Å². The Morgan fingerprint density at radius 1 is 0.220 bits per heavy atom. The van der Waals surface area contributed by atoms with E-state index in [1.807, 2.05) is 11.3 Å². The van der Waals surface area contributed by atoms with Gasteiger partial charge in [0.05, 0.1) is 0 Å². The van der Waals surface area contributed by atoms with Crippen LogP contribution in [0, 0.1) is 0 Å². The monoisotopic (exact) mass is 762 g/mol. The fourth-order valence-electron chi connectivity index (χ4n) is 10.0. The highest BCUT2D eigenvalue weighted by molar-refractivity contribution is 7.25. The summed E-state index contributed by atoms with van der Waals surface area (Å²) in [5, 5.41) is 18.4. The topological polar surface area (TPSA) is 0 Å². The van der Waals surface area contributed by atoms with Crippen LogP contribution in [0.2, 0.25) is 0 Å². The molecule has 0 bridgehead atoms. The van der Waals surface area contributed by atoms with Crippen LogP contribution in [0.5, 0.6) is 0 Å². The molecule has 0 saturated heterocycles. The highest BCUT2D eigenvalue weighted by atomic mass is 32.1. The molecule has 0 atom stereocenters. The lowest BCUT2D eigenvalue weighted by Gasteiger charge is -2.17. The van der Waals surface area contributed by atoms with E-state index in [-0.39, 0.29) is 0 Å². The van der Waals surface area contributed by atoms with E-state index in [0.29, 0.717) is 0 Å². The SMILES string of the molecule is c1ccc(-c2cccc(-c3cccc(-c4ccc5ccc6c(-c7ccc8sc9cc%10c%11ccccc%11c%11ccccc%11c%10cc9c8c7)ccc7ccc4c5c76)c3)c2)cc1. The zero-order valence-corrected chi connectivity index (χ0v) is 32.9. The zero-order chi connectivity index (χ0) is 38.6. The molecule has 0 nitrogen and oxygen atoms in total. The van der Waals surface area contributed by atoms with E-state index in [1.165, 1.54) is 129 Å². The highest BCUT2D eigenvalue weighted by Crippen LogP contribution is 2.46. The first kappa shape index (κ1) is 32.7. The smallest absolute Gasteiger partial charge is 0.0362 e. The summed E-state index contributed by atoms with van der Waals surface area (Å²) in [7, 11) is 0. The van der Waals surface area contributed by atoms with Crippen LogP contribution in [-0.2, 0) is 0 Å². The van der Waals surface area contributed by atoms with Gasteiger partial charge in [0.2, 0.25) is 0 Å². The highest BCUT2D eigenvalue weighted by Gasteiger charge is 2.17. The van der Waals surface area contributed by atoms with E-state index < -0.39 is 0 Å². The third-order valence-electron chi connectivity index (χ3n) is 12.8. The van der Waals surface area contributed by atoms with Crippen LogP contribution in [0.15, 0.2) is 206 Å². The first-order valence-corrected chi connectivity index (χ1v) is 21.2. The first-order valence-electron chi connectivity index (χ1n) is 20.4. The van der Waals surface area contributed by atoms with Gasteiger partial charge in [-0.1, -0.05) is 170 Å². The third-order valence-corrected chi connectivity index (χ3v) is 13.9. The minimum atomic E-state index is 1.22. The molecule has 59 heavy (non-hydrogen) atoms. The van der Waals surface area contributed by atoms with Crippen molar-refractivity contribution in [2.75, 3.05) is 0 Å². The lowest BCUT2D eigenvalue weighted by atomic mass is 9.86. The fourth-order valence-corrected chi connectivity index (χ4v) is 11.1. The summed E-state index contributed by atoms with van der Waals surface area (Å²) in [5.74, 6) is 0. The van der Waals surface area contributed by atoms with Crippen molar-refractivity contribution in [1.29, 1.82) is 0 Å². The van der Waals surface area contributed by atoms with E-state index in [2.05, 4.69) is 206 Å². The minimum absolute atomic E-state index is 1.22. The molecule has 0 aliphatic rings. The predicted molar refractivity (Wildman–Crippen MR) is 257 cm³/mol. The van der Waals surface area contributed by atoms with E-state index in [4.69, 9.17) is 0 Å². The van der Waals surface area contributed by atoms with Gasteiger partial charge in [0.1, 0.15) is 0 Å². The molecule has 12 aromatic carbocycles. The summed E-state index contributed by atoms with van der Waals surface area (Å²) >= 11 is 1.90. The standard InChI is InChI=1S/C58H34S/c1-2-10-35(11-3-1)38-12-8-13-39(30-38)40-14-9-15-41(31-40)43-25-20-36-23-28-50-44(26-21-37-22-27-49(43)57(36)58(37)50)42-24-29-55-53(32-42)54-33-51-47-18-6-4-16-45(47)46-17-5-7-19-48(46)52(51)34-56(54)59-55/h1-34H. The van der Waals surface area contributed by atoms with Gasteiger partial charge in [0.15, 0.2) is 0 Å². The average molecular weight is 763 g/mol. The van der Waals surface area contributed by atoms with Crippen molar-refractivity contribution in [3.05, 3.63) is 206 Å². The number of benzene rings is 12. The summed E-state index contributed by atoms with van der Waals surface area (Å²) in [4.78, 5) is 0. The zero-order valence-electron chi connectivity index (χ0n) is 32.0. The summed E-state index contributed by atoms with van der Waals surface area (Å²) in [6.07, 6.45) is 0. The van der Waals surface area contributed by atoms with Crippen LogP contribution in [-0.4, -0.2) is 0 Å². The van der Waals surface area contributed by atoms with Crippen LogP contribution in [0.1, 0.15) is 0 Å². The Hall–Kier alpha value is -7.32. The number of hydrogen-bond acceptors (Lipinski definition) is 1. The molecule has 1 heterocycles. The summed E-state index contributed by atoms with van der Waals surface area (Å²) < 4.78 is 2.66. The predicted octanol–water partition coefficient (Wildman–Crippen LogP) is 17.1. The second kappa shape index (κ2) is 12.6. The van der Waals surface area contributed by atoms with Gasteiger partial charge in [-0.2, -0.15) is 0 Å². The molecule has 0 aliphatic heterocycles. The van der Waals surface area contributed by atoms with E-state index in [9.17, 15) is 0 Å². The third kappa shape index (κ3) is 4.96. The Kier molecular flexibility index (Phi) is 6.98. The van der Waals surface area contributed by atoms with Crippen molar-refractivity contribution >= 4 is 96.1 Å². The van der Waals surface area contributed by atoms with E-state index in [1.54, 1.807) is 0 Å². The second-order valence-electron chi connectivity index (χ2n) is 16.0. The van der Waals surface area contributed by atoms with Crippen molar-refractivity contribution in [3.63, 3.8) is 0 Å². The van der Waals surface area contributed by atoms with Crippen molar-refractivity contribution in [2.45, 2.75) is 0 Å². The number of hydrogen-bond donors (Lipinski definition) is 0. The Morgan fingerprint density at radius 2 is 0.678 bits per heavy atom. The second-order valence-corrected chi connectivity index (χ2v) is 17.1. The maximum absolute atomic E-state index is 2.46. The van der Waals surface area contributed by atoms with E-state index in [0.717, 1.165) is 0 Å². The maximum Gasteiger partial charge on any atom is 0.0362 e. The molecule has 0 N–H and O–H groups in total. The lowest BCUT2D eigenvalue weighted by molar-refractivity contribution is 1.58. The van der Waals surface area contributed by atoms with Gasteiger partial charge in [-0.15, -0.1) is 11.3 Å². The van der Waals surface area contributed by atoms with Gasteiger partial charge in [0.25, 0.3) is 0 Å². The molecule has 0 amide bonds. The van der Waals surface area contributed by atoms with Gasteiger partial charge in [-0.05, 0) is 146 Å². The van der Waals surface area contributed by atoms with Crippen molar-refractivity contribution in [2.24, 2.45) is 0 Å². The van der Waals surface area contributed by atoms with Gasteiger partial charge in [-0.25, -0.2) is 0 Å². The Balaban J connectivity index is 0.966. The van der Waals surface area contributed by atoms with Crippen LogP contribution in [0.25, 0.3) is 129 Å². The number of fused-ring (bicyclic) bond motifs is 9. The molecule has 272 valence electrons. The quantitative estimate of drug-likeness (QED) is 0.157.